The molecule has 0 aliphatic rings. The molecule has 0 radical (unpaired) electrons. The van der Waals surface area contributed by atoms with Crippen LogP contribution >= 0.6 is 0 Å². The maximum Gasteiger partial charge on any atom is 0.326 e. The summed E-state index contributed by atoms with van der Waals surface area (Å²) >= 11 is 0. The van der Waals surface area contributed by atoms with Crippen molar-refractivity contribution < 1.29 is 18.7 Å². The summed E-state index contributed by atoms with van der Waals surface area (Å²) in [6.07, 6.45) is 1.53. The standard InChI is InChI=1S/C17H17N3O4/c1-12-19-14-6-2-3-7-15(14)20(12)10-17(22)24-11-16(21)18-9-13-5-4-8-23-13/h2-8H,9-11H2,1H3,(H,18,21). The van der Waals surface area contributed by atoms with E-state index in [0.717, 1.165) is 16.9 Å². The van der Waals surface area contributed by atoms with E-state index in [0.29, 0.717) is 5.76 Å². The average Bonchev–Trinajstić information content (AvgIpc) is 3.20. The largest absolute Gasteiger partial charge is 0.467 e. The summed E-state index contributed by atoms with van der Waals surface area (Å²) in [4.78, 5) is 28.0. The number of amides is 1. The molecule has 0 fully saturated rings. The number of aryl methyl sites for hydroxylation is 1. The molecule has 3 aromatic rings. The third kappa shape index (κ3) is 3.62. The molecule has 1 N–H and O–H groups in total. The molecule has 0 aliphatic heterocycles. The Bertz CT molecular complexity index is 852. The molecule has 0 saturated carbocycles. The van der Waals surface area contributed by atoms with E-state index in [2.05, 4.69) is 10.3 Å². The van der Waals surface area contributed by atoms with Crippen LogP contribution < -0.4 is 5.32 Å². The molecule has 0 atom stereocenters. The number of furan rings is 1. The summed E-state index contributed by atoms with van der Waals surface area (Å²) in [6.45, 7) is 1.76. The van der Waals surface area contributed by atoms with E-state index < -0.39 is 5.97 Å². The predicted molar refractivity (Wildman–Crippen MR) is 86.0 cm³/mol. The second kappa shape index (κ2) is 6.99. The van der Waals surface area contributed by atoms with E-state index >= 15 is 0 Å². The maximum atomic E-state index is 12.0. The summed E-state index contributed by atoms with van der Waals surface area (Å²) in [5.41, 5.74) is 1.67. The highest BCUT2D eigenvalue weighted by molar-refractivity contribution is 5.82. The smallest absolute Gasteiger partial charge is 0.326 e. The SMILES string of the molecule is Cc1nc2ccccc2n1CC(=O)OCC(=O)NCc1ccco1. The van der Waals surface area contributed by atoms with Crippen molar-refractivity contribution in [2.24, 2.45) is 0 Å². The number of nitrogens with one attached hydrogen (secondary N) is 1. The number of rotatable bonds is 6. The number of nitrogens with zero attached hydrogens (tertiary/aromatic N) is 2. The van der Waals surface area contributed by atoms with Crippen molar-refractivity contribution in [2.75, 3.05) is 6.61 Å². The van der Waals surface area contributed by atoms with Gasteiger partial charge in [0.25, 0.3) is 5.91 Å². The van der Waals surface area contributed by atoms with E-state index in [1.807, 2.05) is 31.2 Å². The predicted octanol–water partition coefficient (Wildman–Crippen LogP) is 1.80. The number of carbonyl (C=O) groups excluding carboxylic acids is 2. The number of benzene rings is 1. The molecule has 0 bridgehead atoms. The maximum absolute atomic E-state index is 12.0. The number of hydrogen-bond acceptors (Lipinski definition) is 5. The lowest BCUT2D eigenvalue weighted by Gasteiger charge is -2.08. The third-order valence-corrected chi connectivity index (χ3v) is 3.54. The molecular weight excluding hydrogens is 310 g/mol. The van der Waals surface area contributed by atoms with Crippen LogP contribution in [0.25, 0.3) is 11.0 Å². The molecule has 7 nitrogen and oxygen atoms in total. The van der Waals surface area contributed by atoms with Crippen molar-refractivity contribution in [1.82, 2.24) is 14.9 Å². The molecule has 7 heteroatoms. The van der Waals surface area contributed by atoms with Gasteiger partial charge in [-0.2, -0.15) is 0 Å². The minimum Gasteiger partial charge on any atom is -0.467 e. The minimum absolute atomic E-state index is 0.0117. The normalized spacial score (nSPS) is 10.7. The fourth-order valence-corrected chi connectivity index (χ4v) is 2.37. The molecule has 2 aromatic heterocycles. The highest BCUT2D eigenvalue weighted by Gasteiger charge is 2.13. The van der Waals surface area contributed by atoms with Gasteiger partial charge < -0.3 is 19.0 Å². The lowest BCUT2D eigenvalue weighted by molar-refractivity contribution is -0.149. The van der Waals surface area contributed by atoms with E-state index in [4.69, 9.17) is 9.15 Å². The number of para-hydroxylation sites is 2. The Hall–Kier alpha value is -3.09. The quantitative estimate of drug-likeness (QED) is 0.698. The zero-order chi connectivity index (χ0) is 16.9. The highest BCUT2D eigenvalue weighted by atomic mass is 16.5. The monoisotopic (exact) mass is 327 g/mol. The summed E-state index contributed by atoms with van der Waals surface area (Å²) in [5.74, 6) is 0.479. The first kappa shape index (κ1) is 15.8. The lowest BCUT2D eigenvalue weighted by atomic mass is 10.3. The van der Waals surface area contributed by atoms with Crippen molar-refractivity contribution in [3.63, 3.8) is 0 Å². The van der Waals surface area contributed by atoms with Crippen molar-refractivity contribution in [3.05, 3.63) is 54.2 Å². The van der Waals surface area contributed by atoms with Crippen LogP contribution in [0.3, 0.4) is 0 Å². The number of hydrogen-bond donors (Lipinski definition) is 1. The number of aromatic nitrogens is 2. The zero-order valence-electron chi connectivity index (χ0n) is 13.2. The summed E-state index contributed by atoms with van der Waals surface area (Å²) in [7, 11) is 0. The van der Waals surface area contributed by atoms with E-state index in [1.165, 1.54) is 6.26 Å². The second-order valence-electron chi connectivity index (χ2n) is 5.25. The van der Waals surface area contributed by atoms with Gasteiger partial charge >= 0.3 is 5.97 Å². The Kier molecular flexibility index (Phi) is 4.60. The topological polar surface area (TPSA) is 86.4 Å². The van der Waals surface area contributed by atoms with Gasteiger partial charge in [0.15, 0.2) is 6.61 Å². The summed E-state index contributed by atoms with van der Waals surface area (Å²) < 4.78 is 11.9. The Morgan fingerprint density at radius 2 is 2.08 bits per heavy atom. The van der Waals surface area contributed by atoms with Crippen molar-refractivity contribution in [2.45, 2.75) is 20.0 Å². The Morgan fingerprint density at radius 3 is 2.88 bits per heavy atom. The Balaban J connectivity index is 1.51. The fraction of sp³-hybridized carbons (Fsp3) is 0.235. The minimum atomic E-state index is -0.491. The van der Waals surface area contributed by atoms with E-state index in [9.17, 15) is 9.59 Å². The molecule has 1 aromatic carbocycles. The molecular formula is C17H17N3O4. The number of esters is 1. The first-order valence-corrected chi connectivity index (χ1v) is 7.50. The summed E-state index contributed by atoms with van der Waals surface area (Å²) in [6, 6.07) is 11.0. The van der Waals surface area contributed by atoms with Gasteiger partial charge in [-0.25, -0.2) is 4.98 Å². The van der Waals surface area contributed by atoms with Crippen LogP contribution in [-0.2, 0) is 27.4 Å². The first-order chi connectivity index (χ1) is 11.6. The zero-order valence-corrected chi connectivity index (χ0v) is 13.2. The van der Waals surface area contributed by atoms with Crippen LogP contribution in [0, 0.1) is 6.92 Å². The molecule has 1 amide bonds. The molecule has 0 saturated heterocycles. The molecule has 3 rings (SSSR count). The van der Waals surface area contributed by atoms with E-state index in [1.54, 1.807) is 16.7 Å². The average molecular weight is 327 g/mol. The van der Waals surface area contributed by atoms with Gasteiger partial charge in [0.1, 0.15) is 18.1 Å². The molecule has 24 heavy (non-hydrogen) atoms. The van der Waals surface area contributed by atoms with Crippen LogP contribution in [0.4, 0.5) is 0 Å². The van der Waals surface area contributed by atoms with Crippen LogP contribution in [0.5, 0.6) is 0 Å². The van der Waals surface area contributed by atoms with Gasteiger partial charge in [0.2, 0.25) is 0 Å². The molecule has 0 aliphatic carbocycles. The van der Waals surface area contributed by atoms with E-state index in [-0.39, 0.29) is 25.6 Å². The van der Waals surface area contributed by atoms with Gasteiger partial charge in [-0.3, -0.25) is 9.59 Å². The van der Waals surface area contributed by atoms with Crippen LogP contribution in [-0.4, -0.2) is 28.0 Å². The van der Waals surface area contributed by atoms with Crippen molar-refractivity contribution in [1.29, 1.82) is 0 Å². The molecule has 124 valence electrons. The molecule has 2 heterocycles. The summed E-state index contributed by atoms with van der Waals surface area (Å²) in [5, 5.41) is 2.61. The number of fused-ring (bicyclic) bond motifs is 1. The van der Waals surface area contributed by atoms with Crippen LogP contribution in [0.15, 0.2) is 47.1 Å². The van der Waals surface area contributed by atoms with Crippen LogP contribution in [0.1, 0.15) is 11.6 Å². The fourth-order valence-electron chi connectivity index (χ4n) is 2.37. The van der Waals surface area contributed by atoms with Gasteiger partial charge in [0.05, 0.1) is 23.8 Å². The highest BCUT2D eigenvalue weighted by Crippen LogP contribution is 2.15. The number of imidazole rings is 1. The van der Waals surface area contributed by atoms with Gasteiger partial charge in [-0.05, 0) is 31.2 Å². The van der Waals surface area contributed by atoms with Crippen LogP contribution in [0.2, 0.25) is 0 Å². The third-order valence-electron chi connectivity index (χ3n) is 3.54. The molecule has 0 unspecified atom stereocenters. The van der Waals surface area contributed by atoms with Gasteiger partial charge in [-0.15, -0.1) is 0 Å². The van der Waals surface area contributed by atoms with Crippen molar-refractivity contribution in [3.8, 4) is 0 Å². The van der Waals surface area contributed by atoms with Crippen molar-refractivity contribution >= 4 is 22.9 Å². The second-order valence-corrected chi connectivity index (χ2v) is 5.25. The van der Waals surface area contributed by atoms with Gasteiger partial charge in [-0.1, -0.05) is 12.1 Å². The first-order valence-electron chi connectivity index (χ1n) is 7.50. The number of carbonyl (C=O) groups is 2. The Labute approximate surface area is 138 Å². The van der Waals surface area contributed by atoms with Gasteiger partial charge in [0, 0.05) is 0 Å². The molecule has 0 spiro atoms. The number of ether oxygens (including phenoxy) is 1. The Morgan fingerprint density at radius 1 is 1.25 bits per heavy atom. The lowest BCUT2D eigenvalue weighted by Crippen LogP contribution is -2.29.